The Morgan fingerprint density at radius 2 is 1.91 bits per heavy atom. The number of urea groups is 1. The second-order valence-corrected chi connectivity index (χ2v) is 4.81. The highest BCUT2D eigenvalue weighted by Gasteiger charge is 2.14. The van der Waals surface area contributed by atoms with E-state index >= 15 is 0 Å². The molecule has 0 unspecified atom stereocenters. The summed E-state index contributed by atoms with van der Waals surface area (Å²) in [4.78, 5) is 12.2. The van der Waals surface area contributed by atoms with Crippen molar-refractivity contribution in [2.45, 2.75) is 13.8 Å². The number of amides is 2. The van der Waals surface area contributed by atoms with Gasteiger partial charge in [-0.3, -0.25) is 4.68 Å². The van der Waals surface area contributed by atoms with Gasteiger partial charge in [0.1, 0.15) is 11.5 Å². The molecule has 7 heteroatoms. The smallest absolute Gasteiger partial charge is 0.323 e. The van der Waals surface area contributed by atoms with Gasteiger partial charge in [0, 0.05) is 13.1 Å². The third-order valence-corrected chi connectivity index (χ3v) is 3.40. The molecule has 0 saturated heterocycles. The fourth-order valence-electron chi connectivity index (χ4n) is 2.13. The number of anilines is 2. The molecule has 0 radical (unpaired) electrons. The highest BCUT2D eigenvalue weighted by atomic mass is 16.5. The quantitative estimate of drug-likeness (QED) is 0.910. The lowest BCUT2D eigenvalue weighted by Gasteiger charge is -2.12. The van der Waals surface area contributed by atoms with Crippen LogP contribution >= 0.6 is 0 Å². The summed E-state index contributed by atoms with van der Waals surface area (Å²) in [5.74, 6) is 1.18. The Morgan fingerprint density at radius 3 is 2.45 bits per heavy atom. The van der Waals surface area contributed by atoms with Gasteiger partial charge >= 0.3 is 6.03 Å². The van der Waals surface area contributed by atoms with Crippen molar-refractivity contribution >= 4 is 17.4 Å². The monoisotopic (exact) mass is 304 g/mol. The van der Waals surface area contributed by atoms with Crippen molar-refractivity contribution in [3.05, 3.63) is 29.6 Å². The molecule has 2 amide bonds. The second-order valence-electron chi connectivity index (χ2n) is 4.81. The first-order chi connectivity index (χ1) is 10.5. The average molecular weight is 304 g/mol. The fourth-order valence-corrected chi connectivity index (χ4v) is 2.13. The number of aryl methyl sites for hydroxylation is 2. The molecule has 0 aliphatic carbocycles. The molecule has 0 saturated carbocycles. The van der Waals surface area contributed by atoms with Crippen LogP contribution in [0.15, 0.2) is 18.2 Å². The number of ether oxygens (including phenoxy) is 2. The summed E-state index contributed by atoms with van der Waals surface area (Å²) in [6.07, 6.45) is 0. The van der Waals surface area contributed by atoms with E-state index in [2.05, 4.69) is 15.7 Å². The second kappa shape index (κ2) is 6.38. The maximum Gasteiger partial charge on any atom is 0.323 e. The van der Waals surface area contributed by atoms with Gasteiger partial charge in [-0.05, 0) is 26.0 Å². The molecule has 0 aliphatic heterocycles. The largest absolute Gasteiger partial charge is 0.497 e. The standard InChI is InChI=1S/C15H20N4O3/c1-9-14(10(2)19(3)18-9)17-15(20)16-12-8-11(21-4)6-7-13(12)22-5/h6-8H,1-5H3,(H2,16,17,20). The van der Waals surface area contributed by atoms with Crippen LogP contribution in [0.5, 0.6) is 11.5 Å². The van der Waals surface area contributed by atoms with Crippen molar-refractivity contribution in [2.24, 2.45) is 7.05 Å². The zero-order chi connectivity index (χ0) is 16.3. The molecular formula is C15H20N4O3. The van der Waals surface area contributed by atoms with Crippen molar-refractivity contribution < 1.29 is 14.3 Å². The van der Waals surface area contributed by atoms with E-state index in [0.717, 1.165) is 11.4 Å². The molecule has 1 aromatic carbocycles. The van der Waals surface area contributed by atoms with Crippen molar-refractivity contribution in [2.75, 3.05) is 24.9 Å². The Morgan fingerprint density at radius 1 is 1.18 bits per heavy atom. The zero-order valence-electron chi connectivity index (χ0n) is 13.4. The molecule has 2 rings (SSSR count). The topological polar surface area (TPSA) is 77.4 Å². The van der Waals surface area contributed by atoms with Crippen LogP contribution in [0.3, 0.4) is 0 Å². The minimum absolute atomic E-state index is 0.370. The molecule has 2 N–H and O–H groups in total. The van der Waals surface area contributed by atoms with E-state index in [0.29, 0.717) is 22.9 Å². The first-order valence-electron chi connectivity index (χ1n) is 6.76. The minimum atomic E-state index is -0.370. The number of aromatic nitrogens is 2. The first-order valence-corrected chi connectivity index (χ1v) is 6.76. The number of methoxy groups -OCH3 is 2. The maximum atomic E-state index is 12.2. The number of nitrogens with one attached hydrogen (secondary N) is 2. The van der Waals surface area contributed by atoms with E-state index in [9.17, 15) is 4.79 Å². The zero-order valence-corrected chi connectivity index (χ0v) is 13.4. The van der Waals surface area contributed by atoms with Gasteiger partial charge in [0.15, 0.2) is 0 Å². The molecule has 0 bridgehead atoms. The van der Waals surface area contributed by atoms with Crippen molar-refractivity contribution in [3.8, 4) is 11.5 Å². The van der Waals surface area contributed by atoms with Crippen molar-refractivity contribution in [3.63, 3.8) is 0 Å². The van der Waals surface area contributed by atoms with Crippen LogP contribution in [0.1, 0.15) is 11.4 Å². The van der Waals surface area contributed by atoms with Crippen molar-refractivity contribution in [1.82, 2.24) is 9.78 Å². The number of nitrogens with zero attached hydrogens (tertiary/aromatic N) is 2. The van der Waals surface area contributed by atoms with Gasteiger partial charge in [0.05, 0.1) is 37.0 Å². The van der Waals surface area contributed by atoms with E-state index in [-0.39, 0.29) is 6.03 Å². The van der Waals surface area contributed by atoms with Crippen LogP contribution in [0.4, 0.5) is 16.2 Å². The van der Waals surface area contributed by atoms with Crippen LogP contribution in [-0.4, -0.2) is 30.0 Å². The Kier molecular flexibility index (Phi) is 4.55. The average Bonchev–Trinajstić information content (AvgIpc) is 2.73. The molecule has 1 heterocycles. The van der Waals surface area contributed by atoms with Gasteiger partial charge in [-0.15, -0.1) is 0 Å². The molecule has 0 atom stereocenters. The summed E-state index contributed by atoms with van der Waals surface area (Å²) in [5.41, 5.74) is 2.86. The summed E-state index contributed by atoms with van der Waals surface area (Å²) in [7, 11) is 4.94. The lowest BCUT2D eigenvalue weighted by molar-refractivity contribution is 0.262. The minimum Gasteiger partial charge on any atom is -0.497 e. The SMILES string of the molecule is COc1ccc(OC)c(NC(=O)Nc2c(C)nn(C)c2C)c1. The van der Waals surface area contributed by atoms with Crippen LogP contribution in [-0.2, 0) is 7.05 Å². The molecule has 0 fully saturated rings. The number of carbonyl (C=O) groups excluding carboxylic acids is 1. The molecule has 0 aliphatic rings. The summed E-state index contributed by atoms with van der Waals surface area (Å²) in [5, 5.41) is 9.82. The van der Waals surface area contributed by atoms with Gasteiger partial charge in [-0.1, -0.05) is 0 Å². The number of benzene rings is 1. The molecule has 2 aromatic rings. The predicted octanol–water partition coefficient (Wildman–Crippen LogP) is 2.70. The lowest BCUT2D eigenvalue weighted by atomic mass is 10.2. The van der Waals surface area contributed by atoms with E-state index in [1.54, 1.807) is 37.1 Å². The summed E-state index contributed by atoms with van der Waals surface area (Å²) >= 11 is 0. The Labute approximate surface area is 129 Å². The van der Waals surface area contributed by atoms with E-state index in [4.69, 9.17) is 9.47 Å². The predicted molar refractivity (Wildman–Crippen MR) is 84.9 cm³/mol. The molecule has 7 nitrogen and oxygen atoms in total. The Balaban J connectivity index is 2.18. The third kappa shape index (κ3) is 3.13. The van der Waals surface area contributed by atoms with Gasteiger partial charge in [-0.2, -0.15) is 5.10 Å². The summed E-state index contributed by atoms with van der Waals surface area (Å²) in [6.45, 7) is 3.73. The number of hydrogen-bond acceptors (Lipinski definition) is 4. The van der Waals surface area contributed by atoms with Crippen LogP contribution in [0.2, 0.25) is 0 Å². The van der Waals surface area contributed by atoms with Crippen LogP contribution < -0.4 is 20.1 Å². The molecule has 0 spiro atoms. The molecular weight excluding hydrogens is 284 g/mol. The molecule has 1 aromatic heterocycles. The van der Waals surface area contributed by atoms with E-state index < -0.39 is 0 Å². The fraction of sp³-hybridized carbons (Fsp3) is 0.333. The van der Waals surface area contributed by atoms with Gasteiger partial charge in [-0.25, -0.2) is 4.79 Å². The first kappa shape index (κ1) is 15.7. The number of carbonyl (C=O) groups is 1. The highest BCUT2D eigenvalue weighted by Crippen LogP contribution is 2.29. The van der Waals surface area contributed by atoms with Gasteiger partial charge in [0.2, 0.25) is 0 Å². The number of rotatable bonds is 4. The van der Waals surface area contributed by atoms with Gasteiger partial charge in [0.25, 0.3) is 0 Å². The van der Waals surface area contributed by atoms with E-state index in [1.807, 2.05) is 20.9 Å². The lowest BCUT2D eigenvalue weighted by Crippen LogP contribution is -2.20. The maximum absolute atomic E-state index is 12.2. The number of hydrogen-bond donors (Lipinski definition) is 2. The highest BCUT2D eigenvalue weighted by molar-refractivity contribution is 6.01. The summed E-state index contributed by atoms with van der Waals surface area (Å²) < 4.78 is 12.1. The summed E-state index contributed by atoms with van der Waals surface area (Å²) in [6, 6.07) is 4.82. The van der Waals surface area contributed by atoms with E-state index in [1.165, 1.54) is 0 Å². The Hall–Kier alpha value is -2.70. The Bertz CT molecular complexity index is 694. The third-order valence-electron chi connectivity index (χ3n) is 3.40. The van der Waals surface area contributed by atoms with Gasteiger partial charge < -0.3 is 20.1 Å². The molecule has 22 heavy (non-hydrogen) atoms. The van der Waals surface area contributed by atoms with Crippen LogP contribution in [0.25, 0.3) is 0 Å². The van der Waals surface area contributed by atoms with Crippen LogP contribution in [0, 0.1) is 13.8 Å². The molecule has 118 valence electrons. The normalized spacial score (nSPS) is 10.2. The van der Waals surface area contributed by atoms with Crippen molar-refractivity contribution in [1.29, 1.82) is 0 Å².